The number of aromatic amines is 1. The van der Waals surface area contributed by atoms with Crippen LogP contribution in [0.25, 0.3) is 50.5 Å². The summed E-state index contributed by atoms with van der Waals surface area (Å²) in [6.45, 7) is 0.570. The van der Waals surface area contributed by atoms with E-state index >= 15 is 0 Å². The normalized spacial score (nSPS) is 10.3. The van der Waals surface area contributed by atoms with Crippen molar-refractivity contribution in [2.45, 2.75) is 10.2 Å². The summed E-state index contributed by atoms with van der Waals surface area (Å²) < 4.78 is 46.5. The Hall–Kier alpha value is -10.7. The van der Waals surface area contributed by atoms with Crippen molar-refractivity contribution in [2.75, 3.05) is 81.9 Å². The fourth-order valence-electron chi connectivity index (χ4n) is 8.56. The van der Waals surface area contributed by atoms with Gasteiger partial charge in [-0.2, -0.15) is 20.4 Å². The largest absolute Gasteiger partial charge is 0.465 e. The molecule has 12 N–H and O–H groups in total. The third kappa shape index (κ3) is 25.3. The number of ether oxygens (including phenoxy) is 2. The number of anilines is 4. The standard InChI is InChI=1S/C21H17FN8O2S.C12H8FN3S.C9H7ClO4.C9H10IN5O2.C7H10N2.C6H5IN4.C2H7NO.ClH/c22-15-3-1-2-13(10-15)14-4-5-18-26-27-21(29(18)11-14)33-19-7-6-17-24-16(12-30(17)28-19)25-20(32)23-8-9-31;13-10-3-1-2-8(6-10)9-4-5-11-14-15-12(17)16(11)7-9;1-13-8(11)6-2-4-7(5-3-6)14-9(10)12;10-6-1-2-8-12-7(5-15(8)14-6)13-9(17)11-3-4-16;1-9(2)7-3-5-8-6-4-7;7-4-1-2-6-9-5(8)3-11(6)10-4;3-1-2-4;/h1-7,10-12,31H,8-9H2,(H2,23,25,32);1-7H,(H,15,17);2-5H,1H3;1-2,5,16H,3-4H2,(H2,11,13,17);3-6H,1-2H3;1-3H,8H2;4H,1-3H2;1H. The molecule has 14 rings (SSSR count). The maximum Gasteiger partial charge on any atom is 0.409 e. The Balaban J connectivity index is 0.000000185. The molecule has 4 amide bonds. The number of fused-ring (bicyclic) bond motifs is 5. The van der Waals surface area contributed by atoms with Crippen LogP contribution in [0.5, 0.6) is 5.75 Å². The highest BCUT2D eigenvalue weighted by atomic mass is 127. The van der Waals surface area contributed by atoms with Gasteiger partial charge < -0.3 is 51.8 Å². The van der Waals surface area contributed by atoms with Crippen LogP contribution in [0, 0.1) is 23.8 Å². The van der Waals surface area contributed by atoms with Crippen molar-refractivity contribution in [1.82, 2.24) is 88.6 Å². The van der Waals surface area contributed by atoms with E-state index in [0.29, 0.717) is 61.5 Å². The molecule has 11 aromatic heterocycles. The highest BCUT2D eigenvalue weighted by Crippen LogP contribution is 2.29. The number of nitrogens with one attached hydrogen (secondary N) is 5. The second-order valence-electron chi connectivity index (χ2n) is 20.9. The number of H-pyrrole nitrogens is 1. The zero-order valence-corrected chi connectivity index (χ0v) is 63.4. The van der Waals surface area contributed by atoms with E-state index in [0.717, 1.165) is 40.9 Å². The molecule has 0 saturated heterocycles. The minimum atomic E-state index is -0.921. The van der Waals surface area contributed by atoms with Crippen LogP contribution in [-0.4, -0.2) is 177 Å². The van der Waals surface area contributed by atoms with Crippen LogP contribution in [0.2, 0.25) is 0 Å². The summed E-state index contributed by atoms with van der Waals surface area (Å²) in [5, 5.41) is 64.5. The number of halogens is 6. The number of nitrogens with zero attached hydrogens (tertiary/aromatic N) is 16. The fraction of sp³-hybridized carbons (Fsp3) is 0.136. The van der Waals surface area contributed by atoms with Gasteiger partial charge in [-0.15, -0.1) is 22.6 Å². The Morgan fingerprint density at radius 2 is 1.14 bits per heavy atom. The number of hydrogen-bond donors (Lipinski definition) is 10. The molecule has 3 aromatic carbocycles. The number of pyridine rings is 3. The number of methoxy groups -OCH3 is 1. The number of nitrogen functional groups attached to an aromatic ring is 1. The minimum absolute atomic E-state index is 0. The molecule has 0 atom stereocenters. The van der Waals surface area contributed by atoms with Crippen molar-refractivity contribution in [3.63, 3.8) is 0 Å². The molecule has 106 heavy (non-hydrogen) atoms. The summed E-state index contributed by atoms with van der Waals surface area (Å²) in [4.78, 5) is 62.8. The third-order valence-electron chi connectivity index (χ3n) is 13.2. The molecule has 0 bridgehead atoms. The maximum absolute atomic E-state index is 13.6. The van der Waals surface area contributed by atoms with E-state index in [1.54, 1.807) is 73.2 Å². The molecule has 0 aliphatic heterocycles. The van der Waals surface area contributed by atoms with Gasteiger partial charge in [0.1, 0.15) is 35.6 Å². The van der Waals surface area contributed by atoms with Gasteiger partial charge in [-0.3, -0.25) is 29.5 Å². The van der Waals surface area contributed by atoms with Gasteiger partial charge in [0.25, 0.3) is 0 Å². The van der Waals surface area contributed by atoms with Crippen molar-refractivity contribution in [1.29, 1.82) is 0 Å². The quantitative estimate of drug-likeness (QED) is 0.0209. The van der Waals surface area contributed by atoms with Gasteiger partial charge in [0.2, 0.25) is 5.16 Å². The molecule has 0 aliphatic carbocycles. The van der Waals surface area contributed by atoms with E-state index in [9.17, 15) is 28.0 Å². The highest BCUT2D eigenvalue weighted by molar-refractivity contribution is 14.1. The highest BCUT2D eigenvalue weighted by Gasteiger charge is 2.14. The average molecular weight is 1750 g/mol. The first-order valence-corrected chi connectivity index (χ1v) is 34.4. The average Bonchev–Trinajstić information content (AvgIpc) is 1.60. The van der Waals surface area contributed by atoms with Crippen molar-refractivity contribution >= 4 is 168 Å². The topological polar surface area (TPSA) is 418 Å². The lowest BCUT2D eigenvalue weighted by Crippen LogP contribution is -2.31. The third-order valence-corrected chi connectivity index (χ3v) is 15.6. The summed E-state index contributed by atoms with van der Waals surface area (Å²) in [6.07, 6.45) is 12.2. The minimum Gasteiger partial charge on any atom is -0.465 e. The monoisotopic (exact) mass is 1750 g/mol. The Morgan fingerprint density at radius 3 is 1.65 bits per heavy atom. The van der Waals surface area contributed by atoms with Crippen LogP contribution < -0.4 is 42.4 Å². The number of imidazole rings is 3. The maximum atomic E-state index is 13.6. The number of rotatable bonds is 14. The van der Waals surface area contributed by atoms with E-state index in [1.807, 2.05) is 109 Å². The first-order valence-electron chi connectivity index (χ1n) is 30.6. The van der Waals surface area contributed by atoms with Gasteiger partial charge >= 0.3 is 23.5 Å². The van der Waals surface area contributed by atoms with Gasteiger partial charge in [0.05, 0.1) is 51.1 Å². The lowest BCUT2D eigenvalue weighted by atomic mass is 10.1. The van der Waals surface area contributed by atoms with E-state index in [1.165, 1.54) is 73.1 Å². The molecule has 552 valence electrons. The number of aliphatic hydroxyl groups excluding tert-OH is 3. The number of carbonyl (C=O) groups excluding carboxylic acids is 4. The Bertz CT molecular complexity index is 5270. The Morgan fingerprint density at radius 1 is 0.632 bits per heavy atom. The zero-order chi connectivity index (χ0) is 75.4. The number of hydrogen-bond acceptors (Lipinski definition) is 24. The molecule has 0 aliphatic rings. The number of urea groups is 2. The molecule has 11 heterocycles. The van der Waals surface area contributed by atoms with Crippen LogP contribution in [-0.2, 0) is 4.74 Å². The van der Waals surface area contributed by atoms with Crippen molar-refractivity contribution in [3.05, 3.63) is 218 Å². The number of nitrogens with two attached hydrogens (primary N) is 2. The van der Waals surface area contributed by atoms with E-state index in [-0.39, 0.29) is 62.7 Å². The van der Waals surface area contributed by atoms with Crippen LogP contribution in [0.3, 0.4) is 0 Å². The van der Waals surface area contributed by atoms with Crippen LogP contribution >= 0.6 is 93.2 Å². The molecule has 0 saturated carbocycles. The van der Waals surface area contributed by atoms with Crippen LogP contribution in [0.15, 0.2) is 199 Å². The summed E-state index contributed by atoms with van der Waals surface area (Å²) in [6, 6.07) is 40.2. The van der Waals surface area contributed by atoms with Gasteiger partial charge in [0, 0.05) is 75.8 Å². The lowest BCUT2D eigenvalue weighted by molar-refractivity contribution is 0.0600. The molecule has 40 heteroatoms. The molecule has 0 fully saturated rings. The van der Waals surface area contributed by atoms with Gasteiger partial charge in [-0.25, -0.2) is 56.5 Å². The second kappa shape index (κ2) is 41.7. The Kier molecular flexibility index (Phi) is 32.5. The number of amides is 4. The van der Waals surface area contributed by atoms with Crippen LogP contribution in [0.4, 0.5) is 46.3 Å². The number of esters is 1. The van der Waals surface area contributed by atoms with Crippen LogP contribution in [0.1, 0.15) is 10.4 Å². The first kappa shape index (κ1) is 82.6. The van der Waals surface area contributed by atoms with Gasteiger partial charge in [0.15, 0.2) is 44.6 Å². The van der Waals surface area contributed by atoms with Crippen molar-refractivity contribution < 1.29 is 52.8 Å². The summed E-state index contributed by atoms with van der Waals surface area (Å²) in [5.41, 5.74) is 17.6. The van der Waals surface area contributed by atoms with E-state index in [4.69, 9.17) is 50.6 Å². The molecular formula is C66H65Cl2F2I2N23O9S2. The van der Waals surface area contributed by atoms with Gasteiger partial charge in [-0.05, 0) is 213 Å². The first-order chi connectivity index (χ1) is 50.6. The number of aromatic nitrogens is 16. The predicted molar refractivity (Wildman–Crippen MR) is 417 cm³/mol. The molecule has 0 spiro atoms. The molecular weight excluding hydrogens is 1690 g/mol. The number of aliphatic hydroxyl groups is 3. The fourth-order valence-corrected chi connectivity index (χ4v) is 10.4. The molecule has 14 aromatic rings. The van der Waals surface area contributed by atoms with E-state index < -0.39 is 23.5 Å². The summed E-state index contributed by atoms with van der Waals surface area (Å²) in [7, 11) is 5.31. The summed E-state index contributed by atoms with van der Waals surface area (Å²) in [5.74, 6) is 0.510. The van der Waals surface area contributed by atoms with Crippen molar-refractivity contribution in [3.8, 4) is 28.0 Å². The van der Waals surface area contributed by atoms with Gasteiger partial charge in [-0.1, -0.05) is 24.3 Å². The van der Waals surface area contributed by atoms with Crippen molar-refractivity contribution in [2.24, 2.45) is 5.73 Å². The SMILES string of the molecule is CN(C)c1ccncc1.COC(=O)c1ccc(OC(=O)Cl)cc1.Cl.Fc1cccc(-c2ccc3n[nH]c(=S)n3c2)c1.NCCO.Nc1cn2nc(I)ccc2n1.O=C(NCCO)Nc1cn2nc(I)ccc2n1.O=C(NCCO)Nc1cn2nc(Sc3nnc4ccc(-c5cccc(F)c5)cn34)ccc2n1. The Labute approximate surface area is 648 Å². The zero-order valence-electron chi connectivity index (χ0n) is 55.9. The molecule has 0 radical (unpaired) electrons. The van der Waals surface area contributed by atoms with E-state index in [2.05, 4.69) is 132 Å². The smallest absolute Gasteiger partial charge is 0.409 e. The second-order valence-corrected chi connectivity index (χ2v) is 24.8. The molecule has 0 unspecified atom stereocenters. The molecule has 32 nitrogen and oxygen atoms in total. The number of carbonyl (C=O) groups is 4. The summed E-state index contributed by atoms with van der Waals surface area (Å²) >= 11 is 15.6. The number of benzene rings is 3. The predicted octanol–water partition coefficient (Wildman–Crippen LogP) is 10.1. The lowest BCUT2D eigenvalue weighted by Gasteiger charge is -2.10.